The average molecular weight is 233 g/mol. The molecule has 3 N–H and O–H groups in total. The molecule has 1 fully saturated rings. The quantitative estimate of drug-likeness (QED) is 0.785. The van der Waals surface area contributed by atoms with Gasteiger partial charge in [-0.2, -0.15) is 0 Å². The summed E-state index contributed by atoms with van der Waals surface area (Å²) in [5.74, 6) is 0. The van der Waals surface area contributed by atoms with Crippen LogP contribution in [0.25, 0.3) is 0 Å². The zero-order chi connectivity index (χ0) is 12.5. The SMILES string of the molecule is Cc1cc(NCC2(N(C)C)CCC2)ccc1N. The van der Waals surface area contributed by atoms with E-state index < -0.39 is 0 Å². The van der Waals surface area contributed by atoms with Crippen LogP contribution in [-0.2, 0) is 0 Å². The van der Waals surface area contributed by atoms with Gasteiger partial charge in [-0.15, -0.1) is 0 Å². The van der Waals surface area contributed by atoms with Gasteiger partial charge in [0.15, 0.2) is 0 Å². The van der Waals surface area contributed by atoms with Gasteiger partial charge in [-0.05, 0) is 64.0 Å². The molecule has 0 atom stereocenters. The summed E-state index contributed by atoms with van der Waals surface area (Å²) < 4.78 is 0. The van der Waals surface area contributed by atoms with E-state index in [-0.39, 0.29) is 0 Å². The normalized spacial score (nSPS) is 17.9. The molecule has 1 saturated carbocycles. The van der Waals surface area contributed by atoms with Crippen LogP contribution in [0, 0.1) is 6.92 Å². The van der Waals surface area contributed by atoms with Gasteiger partial charge in [0.1, 0.15) is 0 Å². The first-order valence-electron chi connectivity index (χ1n) is 6.31. The Morgan fingerprint density at radius 1 is 1.35 bits per heavy atom. The van der Waals surface area contributed by atoms with Gasteiger partial charge in [0.05, 0.1) is 0 Å². The molecule has 0 heterocycles. The summed E-state index contributed by atoms with van der Waals surface area (Å²) in [6.45, 7) is 3.06. The molecule has 17 heavy (non-hydrogen) atoms. The smallest absolute Gasteiger partial charge is 0.0375 e. The lowest BCUT2D eigenvalue weighted by Crippen LogP contribution is -2.54. The van der Waals surface area contributed by atoms with Crippen molar-refractivity contribution in [2.45, 2.75) is 31.7 Å². The van der Waals surface area contributed by atoms with Crippen LogP contribution in [0.5, 0.6) is 0 Å². The standard InChI is InChI=1S/C14H23N3/c1-11-9-12(5-6-13(11)15)16-10-14(17(2)3)7-4-8-14/h5-6,9,16H,4,7-8,10,15H2,1-3H3. The maximum absolute atomic E-state index is 5.82. The van der Waals surface area contributed by atoms with E-state index in [1.807, 2.05) is 13.0 Å². The van der Waals surface area contributed by atoms with Crippen molar-refractivity contribution in [1.29, 1.82) is 0 Å². The average Bonchev–Trinajstić information content (AvgIpc) is 2.21. The predicted octanol–water partition coefficient (Wildman–Crippen LogP) is 2.47. The van der Waals surface area contributed by atoms with Crippen LogP contribution in [0.2, 0.25) is 0 Å². The lowest BCUT2D eigenvalue weighted by molar-refractivity contribution is 0.0739. The Balaban J connectivity index is 1.99. The Labute approximate surface area is 104 Å². The van der Waals surface area contributed by atoms with Crippen molar-refractivity contribution in [1.82, 2.24) is 4.90 Å². The number of nitrogens with two attached hydrogens (primary N) is 1. The Hall–Kier alpha value is -1.22. The second-order valence-corrected chi connectivity index (χ2v) is 5.40. The second-order valence-electron chi connectivity index (χ2n) is 5.40. The van der Waals surface area contributed by atoms with E-state index >= 15 is 0 Å². The molecule has 0 aromatic heterocycles. The highest BCUT2D eigenvalue weighted by Crippen LogP contribution is 2.36. The number of nitrogen functional groups attached to an aromatic ring is 1. The van der Waals surface area contributed by atoms with E-state index in [1.54, 1.807) is 0 Å². The monoisotopic (exact) mass is 233 g/mol. The zero-order valence-electron chi connectivity index (χ0n) is 11.1. The molecular weight excluding hydrogens is 210 g/mol. The number of benzene rings is 1. The Kier molecular flexibility index (Phi) is 3.29. The fraction of sp³-hybridized carbons (Fsp3) is 0.571. The summed E-state index contributed by atoms with van der Waals surface area (Å²) in [6, 6.07) is 6.16. The van der Waals surface area contributed by atoms with Gasteiger partial charge in [-0.3, -0.25) is 0 Å². The van der Waals surface area contributed by atoms with Crippen LogP contribution in [0.1, 0.15) is 24.8 Å². The molecule has 94 valence electrons. The van der Waals surface area contributed by atoms with Crippen LogP contribution in [0.15, 0.2) is 18.2 Å². The molecule has 1 aromatic carbocycles. The summed E-state index contributed by atoms with van der Waals surface area (Å²) in [5, 5.41) is 3.54. The molecule has 0 saturated heterocycles. The van der Waals surface area contributed by atoms with Crippen molar-refractivity contribution in [2.24, 2.45) is 0 Å². The van der Waals surface area contributed by atoms with E-state index in [9.17, 15) is 0 Å². The summed E-state index contributed by atoms with van der Waals surface area (Å²) in [7, 11) is 4.35. The summed E-state index contributed by atoms with van der Waals surface area (Å²) in [6.07, 6.45) is 3.93. The van der Waals surface area contributed by atoms with E-state index in [0.717, 1.165) is 17.8 Å². The first-order valence-corrected chi connectivity index (χ1v) is 6.31. The van der Waals surface area contributed by atoms with E-state index in [4.69, 9.17) is 5.73 Å². The van der Waals surface area contributed by atoms with Crippen LogP contribution in [0.3, 0.4) is 0 Å². The maximum atomic E-state index is 5.82. The number of hydrogen-bond donors (Lipinski definition) is 2. The summed E-state index contributed by atoms with van der Waals surface area (Å²) in [5.41, 5.74) is 9.35. The lowest BCUT2D eigenvalue weighted by Gasteiger charge is -2.47. The molecule has 0 radical (unpaired) electrons. The topological polar surface area (TPSA) is 41.3 Å². The second kappa shape index (κ2) is 4.57. The molecule has 0 spiro atoms. The van der Waals surface area contributed by atoms with Crippen molar-refractivity contribution >= 4 is 11.4 Å². The molecule has 0 amide bonds. The van der Waals surface area contributed by atoms with Crippen molar-refractivity contribution in [2.75, 3.05) is 31.7 Å². The first-order chi connectivity index (χ1) is 8.03. The van der Waals surface area contributed by atoms with Crippen molar-refractivity contribution in [3.05, 3.63) is 23.8 Å². The minimum atomic E-state index is 0.356. The molecule has 0 unspecified atom stereocenters. The van der Waals surface area contributed by atoms with E-state index in [2.05, 4.69) is 36.4 Å². The van der Waals surface area contributed by atoms with Gasteiger partial charge in [-0.25, -0.2) is 0 Å². The summed E-state index contributed by atoms with van der Waals surface area (Å²) in [4.78, 5) is 2.35. The number of likely N-dealkylation sites (N-methyl/N-ethyl adjacent to an activating group) is 1. The highest BCUT2D eigenvalue weighted by molar-refractivity contribution is 5.56. The van der Waals surface area contributed by atoms with E-state index in [1.165, 1.54) is 24.9 Å². The first kappa shape index (κ1) is 12.2. The predicted molar refractivity (Wildman–Crippen MR) is 74.4 cm³/mol. The Morgan fingerprint density at radius 2 is 2.06 bits per heavy atom. The van der Waals surface area contributed by atoms with Gasteiger partial charge >= 0.3 is 0 Å². The van der Waals surface area contributed by atoms with Gasteiger partial charge < -0.3 is 16.0 Å². The van der Waals surface area contributed by atoms with Gasteiger partial charge in [-0.1, -0.05) is 0 Å². The third kappa shape index (κ3) is 2.39. The molecule has 1 aliphatic carbocycles. The van der Waals surface area contributed by atoms with Crippen LogP contribution >= 0.6 is 0 Å². The van der Waals surface area contributed by atoms with Gasteiger partial charge in [0.25, 0.3) is 0 Å². The number of hydrogen-bond acceptors (Lipinski definition) is 3. The third-order valence-corrected chi connectivity index (χ3v) is 4.12. The van der Waals surface area contributed by atoms with Crippen molar-refractivity contribution in [3.63, 3.8) is 0 Å². The third-order valence-electron chi connectivity index (χ3n) is 4.12. The van der Waals surface area contributed by atoms with Crippen LogP contribution < -0.4 is 11.1 Å². The summed E-state index contributed by atoms with van der Waals surface area (Å²) >= 11 is 0. The Morgan fingerprint density at radius 3 is 2.53 bits per heavy atom. The van der Waals surface area contributed by atoms with Gasteiger partial charge in [0.2, 0.25) is 0 Å². The zero-order valence-corrected chi connectivity index (χ0v) is 11.1. The molecule has 0 aliphatic heterocycles. The molecule has 3 nitrogen and oxygen atoms in total. The molecule has 3 heteroatoms. The highest BCUT2D eigenvalue weighted by atomic mass is 15.2. The fourth-order valence-electron chi connectivity index (χ4n) is 2.42. The molecule has 2 rings (SSSR count). The molecule has 1 aliphatic rings. The largest absolute Gasteiger partial charge is 0.399 e. The van der Waals surface area contributed by atoms with Crippen LogP contribution in [0.4, 0.5) is 11.4 Å². The maximum Gasteiger partial charge on any atom is 0.0375 e. The van der Waals surface area contributed by atoms with Crippen LogP contribution in [-0.4, -0.2) is 31.1 Å². The Bertz CT molecular complexity index is 394. The van der Waals surface area contributed by atoms with Crippen molar-refractivity contribution < 1.29 is 0 Å². The molecular formula is C14H23N3. The van der Waals surface area contributed by atoms with Crippen molar-refractivity contribution in [3.8, 4) is 0 Å². The number of nitrogens with zero attached hydrogens (tertiary/aromatic N) is 1. The minimum Gasteiger partial charge on any atom is -0.399 e. The van der Waals surface area contributed by atoms with Gasteiger partial charge in [0, 0.05) is 23.5 Å². The lowest BCUT2D eigenvalue weighted by atomic mass is 9.75. The number of anilines is 2. The number of nitrogens with one attached hydrogen (secondary N) is 1. The number of aryl methyl sites for hydroxylation is 1. The molecule has 1 aromatic rings. The van der Waals surface area contributed by atoms with E-state index in [0.29, 0.717) is 5.54 Å². The fourth-order valence-corrected chi connectivity index (χ4v) is 2.42. The molecule has 0 bridgehead atoms. The minimum absolute atomic E-state index is 0.356. The number of rotatable bonds is 4. The highest BCUT2D eigenvalue weighted by Gasteiger charge is 2.38.